The molecule has 2 aromatic rings. The lowest BCUT2D eigenvalue weighted by Gasteiger charge is -2.06. The lowest BCUT2D eigenvalue weighted by molar-refractivity contribution is 0.204. The molecule has 0 amide bonds. The first-order valence-corrected chi connectivity index (χ1v) is 6.82. The third-order valence-electron chi connectivity index (χ3n) is 3.16. The monoisotopic (exact) mass is 287 g/mol. The average Bonchev–Trinajstić information content (AvgIpc) is 2.52. The van der Waals surface area contributed by atoms with Crippen molar-refractivity contribution in [3.63, 3.8) is 0 Å². The molecular formula is C16H21N3O2. The highest BCUT2D eigenvalue weighted by Gasteiger charge is 1.99. The van der Waals surface area contributed by atoms with Crippen molar-refractivity contribution in [2.45, 2.75) is 6.54 Å². The molecule has 3 N–H and O–H groups in total. The van der Waals surface area contributed by atoms with Crippen LogP contribution in [-0.4, -0.2) is 33.3 Å². The minimum Gasteiger partial charge on any atom is -0.497 e. The third kappa shape index (κ3) is 4.36. The first-order chi connectivity index (χ1) is 10.2. The van der Waals surface area contributed by atoms with Crippen LogP contribution in [0.1, 0.15) is 5.56 Å². The molecule has 0 unspecified atom stereocenters. The van der Waals surface area contributed by atoms with Crippen LogP contribution in [0.2, 0.25) is 0 Å². The number of hydrogen-bond acceptors (Lipinski definition) is 3. The fraction of sp³-hybridized carbons (Fsp3) is 0.312. The molecule has 0 aliphatic carbocycles. The Hall–Kier alpha value is -2.27. The lowest BCUT2D eigenvalue weighted by Crippen LogP contribution is -2.34. The van der Waals surface area contributed by atoms with E-state index in [2.05, 4.69) is 22.4 Å². The molecule has 0 fully saturated rings. The summed E-state index contributed by atoms with van der Waals surface area (Å²) in [6, 6.07) is 12.2. The number of nitrogens with two attached hydrogens (primary N) is 1. The van der Waals surface area contributed by atoms with Crippen molar-refractivity contribution >= 4 is 16.7 Å². The van der Waals surface area contributed by atoms with Crippen molar-refractivity contribution in [1.29, 1.82) is 0 Å². The maximum atomic E-state index is 5.78. The SMILES string of the molecule is COCCNC(N)=NCc1ccc2cc(OC)ccc2c1. The number of ether oxygens (including phenoxy) is 2. The second kappa shape index (κ2) is 7.50. The zero-order valence-electron chi connectivity index (χ0n) is 12.4. The van der Waals surface area contributed by atoms with Crippen LogP contribution >= 0.6 is 0 Å². The summed E-state index contributed by atoms with van der Waals surface area (Å²) in [5.41, 5.74) is 6.89. The van der Waals surface area contributed by atoms with E-state index < -0.39 is 0 Å². The molecule has 5 nitrogen and oxygen atoms in total. The summed E-state index contributed by atoms with van der Waals surface area (Å²) in [5.74, 6) is 1.29. The van der Waals surface area contributed by atoms with Crippen LogP contribution in [0, 0.1) is 0 Å². The minimum absolute atomic E-state index is 0.432. The van der Waals surface area contributed by atoms with Gasteiger partial charge < -0.3 is 20.5 Å². The number of methoxy groups -OCH3 is 2. The van der Waals surface area contributed by atoms with Gasteiger partial charge in [-0.1, -0.05) is 18.2 Å². The van der Waals surface area contributed by atoms with E-state index in [0.717, 1.165) is 22.1 Å². The van der Waals surface area contributed by atoms with Crippen LogP contribution in [0.3, 0.4) is 0 Å². The highest BCUT2D eigenvalue weighted by molar-refractivity contribution is 5.84. The standard InChI is InChI=1S/C16H21N3O2/c1-20-8-7-18-16(17)19-11-12-3-4-14-10-15(21-2)6-5-13(14)9-12/h3-6,9-10H,7-8,11H2,1-2H3,(H3,17,18,19). The Bertz CT molecular complexity index is 626. The van der Waals surface area contributed by atoms with Gasteiger partial charge in [-0.15, -0.1) is 0 Å². The van der Waals surface area contributed by atoms with Crippen molar-refractivity contribution in [2.75, 3.05) is 27.4 Å². The van der Waals surface area contributed by atoms with Gasteiger partial charge in [0, 0.05) is 13.7 Å². The smallest absolute Gasteiger partial charge is 0.188 e. The second-order valence-corrected chi connectivity index (χ2v) is 4.67. The quantitative estimate of drug-likeness (QED) is 0.484. The van der Waals surface area contributed by atoms with E-state index in [-0.39, 0.29) is 0 Å². The van der Waals surface area contributed by atoms with Gasteiger partial charge in [0.15, 0.2) is 5.96 Å². The molecule has 2 rings (SSSR count). The summed E-state index contributed by atoms with van der Waals surface area (Å²) < 4.78 is 10.2. The van der Waals surface area contributed by atoms with Crippen LogP contribution in [0.4, 0.5) is 0 Å². The fourth-order valence-corrected chi connectivity index (χ4v) is 2.01. The first-order valence-electron chi connectivity index (χ1n) is 6.82. The van der Waals surface area contributed by atoms with E-state index in [1.807, 2.05) is 24.3 Å². The molecule has 2 aromatic carbocycles. The zero-order valence-corrected chi connectivity index (χ0v) is 12.4. The predicted molar refractivity (Wildman–Crippen MR) is 85.7 cm³/mol. The van der Waals surface area contributed by atoms with Gasteiger partial charge in [0.25, 0.3) is 0 Å². The maximum absolute atomic E-state index is 5.78. The number of hydrogen-bond donors (Lipinski definition) is 2. The predicted octanol–water partition coefficient (Wildman–Crippen LogP) is 1.90. The van der Waals surface area contributed by atoms with Crippen molar-refractivity contribution in [3.05, 3.63) is 42.0 Å². The molecular weight excluding hydrogens is 266 g/mol. The molecule has 0 spiro atoms. The molecule has 5 heteroatoms. The van der Waals surface area contributed by atoms with Crippen molar-refractivity contribution < 1.29 is 9.47 Å². The maximum Gasteiger partial charge on any atom is 0.188 e. The van der Waals surface area contributed by atoms with E-state index in [4.69, 9.17) is 15.2 Å². The van der Waals surface area contributed by atoms with E-state index in [1.165, 1.54) is 0 Å². The number of nitrogens with one attached hydrogen (secondary N) is 1. The average molecular weight is 287 g/mol. The Morgan fingerprint density at radius 1 is 1.14 bits per heavy atom. The van der Waals surface area contributed by atoms with Crippen LogP contribution in [0.5, 0.6) is 5.75 Å². The lowest BCUT2D eigenvalue weighted by atomic mass is 10.1. The first kappa shape index (κ1) is 15.1. The molecule has 112 valence electrons. The Morgan fingerprint density at radius 2 is 1.90 bits per heavy atom. The summed E-state index contributed by atoms with van der Waals surface area (Å²) in [4.78, 5) is 4.31. The molecule has 21 heavy (non-hydrogen) atoms. The van der Waals surface area contributed by atoms with Crippen molar-refractivity contribution in [3.8, 4) is 5.75 Å². The number of rotatable bonds is 6. The van der Waals surface area contributed by atoms with Gasteiger partial charge in [-0.2, -0.15) is 0 Å². The third-order valence-corrected chi connectivity index (χ3v) is 3.16. The normalized spacial score (nSPS) is 11.6. The molecule has 0 atom stereocenters. The van der Waals surface area contributed by atoms with Gasteiger partial charge >= 0.3 is 0 Å². The molecule has 0 saturated carbocycles. The Balaban J connectivity index is 2.04. The number of fused-ring (bicyclic) bond motifs is 1. The summed E-state index contributed by atoms with van der Waals surface area (Å²) >= 11 is 0. The number of benzene rings is 2. The van der Waals surface area contributed by atoms with Gasteiger partial charge in [-0.05, 0) is 34.5 Å². The molecule has 0 radical (unpaired) electrons. The largest absolute Gasteiger partial charge is 0.497 e. The van der Waals surface area contributed by atoms with E-state index in [1.54, 1.807) is 14.2 Å². The number of nitrogens with zero attached hydrogens (tertiary/aromatic N) is 1. The number of guanidine groups is 1. The van der Waals surface area contributed by atoms with Crippen LogP contribution in [-0.2, 0) is 11.3 Å². The molecule has 0 aliphatic rings. The Morgan fingerprint density at radius 3 is 2.67 bits per heavy atom. The molecule has 0 saturated heterocycles. The van der Waals surface area contributed by atoms with Gasteiger partial charge in [0.1, 0.15) is 5.75 Å². The van der Waals surface area contributed by atoms with E-state index in [9.17, 15) is 0 Å². The topological polar surface area (TPSA) is 68.9 Å². The van der Waals surface area contributed by atoms with Crippen LogP contribution in [0.15, 0.2) is 41.4 Å². The summed E-state index contributed by atoms with van der Waals surface area (Å²) in [5, 5.41) is 5.30. The van der Waals surface area contributed by atoms with Crippen molar-refractivity contribution in [1.82, 2.24) is 5.32 Å². The Kier molecular flexibility index (Phi) is 5.40. The van der Waals surface area contributed by atoms with Gasteiger partial charge in [0.2, 0.25) is 0 Å². The second-order valence-electron chi connectivity index (χ2n) is 4.67. The van der Waals surface area contributed by atoms with Crippen LogP contribution < -0.4 is 15.8 Å². The number of aliphatic imine (C=N–C) groups is 1. The van der Waals surface area contributed by atoms with Gasteiger partial charge in [0.05, 0.1) is 20.3 Å². The van der Waals surface area contributed by atoms with E-state index >= 15 is 0 Å². The fourth-order valence-electron chi connectivity index (χ4n) is 2.01. The van der Waals surface area contributed by atoms with E-state index in [0.29, 0.717) is 25.7 Å². The summed E-state index contributed by atoms with van der Waals surface area (Å²) in [6.45, 7) is 1.81. The zero-order chi connectivity index (χ0) is 15.1. The van der Waals surface area contributed by atoms with Gasteiger partial charge in [-0.25, -0.2) is 4.99 Å². The highest BCUT2D eigenvalue weighted by atomic mass is 16.5. The van der Waals surface area contributed by atoms with Crippen molar-refractivity contribution in [2.24, 2.45) is 10.7 Å². The molecule has 0 aromatic heterocycles. The summed E-state index contributed by atoms with van der Waals surface area (Å²) in [6.07, 6.45) is 0. The molecule has 0 heterocycles. The minimum atomic E-state index is 0.432. The van der Waals surface area contributed by atoms with Crippen LogP contribution in [0.25, 0.3) is 10.8 Å². The Labute approximate surface area is 124 Å². The molecule has 0 bridgehead atoms. The van der Waals surface area contributed by atoms with Gasteiger partial charge in [-0.3, -0.25) is 0 Å². The highest BCUT2D eigenvalue weighted by Crippen LogP contribution is 2.22. The summed E-state index contributed by atoms with van der Waals surface area (Å²) in [7, 11) is 3.32. The molecule has 0 aliphatic heterocycles.